The first-order chi connectivity index (χ1) is 18.0. The highest BCUT2D eigenvalue weighted by molar-refractivity contribution is 5.93. The van der Waals surface area contributed by atoms with Gasteiger partial charge in [0.15, 0.2) is 0 Å². The molecule has 0 aliphatic carbocycles. The Hall–Kier alpha value is -3.64. The standard InChI is InChI=1S/C31H36N4O2/c1-33-21-30(36)34-19-16-24(17-20-34)27-5-2-3-6-28(27)29-7-4-18-35(29)26-14-12-23(13-15-26)22-8-10-25(11-9-22)31(32)37/h2-3,5-6,8-15,24,29,33H,4,7,16-21H2,1H3,(H2,32,37)/t29-/m1/s1. The van der Waals surface area contributed by atoms with Crippen LogP contribution in [0.15, 0.2) is 72.8 Å². The molecule has 37 heavy (non-hydrogen) atoms. The maximum Gasteiger partial charge on any atom is 0.248 e. The van der Waals surface area contributed by atoms with E-state index in [9.17, 15) is 9.59 Å². The second-order valence-corrected chi connectivity index (χ2v) is 10.2. The third-order valence-electron chi connectivity index (χ3n) is 7.93. The number of rotatable bonds is 7. The fraction of sp³-hybridized carbons (Fsp3) is 0.355. The van der Waals surface area contributed by atoms with Crippen molar-refractivity contribution in [2.75, 3.05) is 38.1 Å². The molecule has 3 N–H and O–H groups in total. The van der Waals surface area contributed by atoms with Gasteiger partial charge in [-0.15, -0.1) is 0 Å². The summed E-state index contributed by atoms with van der Waals surface area (Å²) in [6.07, 6.45) is 4.35. The fourth-order valence-corrected chi connectivity index (χ4v) is 5.96. The van der Waals surface area contributed by atoms with E-state index < -0.39 is 5.91 Å². The van der Waals surface area contributed by atoms with Crippen molar-refractivity contribution in [1.29, 1.82) is 0 Å². The Morgan fingerprint density at radius 3 is 2.08 bits per heavy atom. The number of hydrogen-bond donors (Lipinski definition) is 2. The molecule has 0 aromatic heterocycles. The lowest BCUT2D eigenvalue weighted by molar-refractivity contribution is -0.131. The molecule has 5 rings (SSSR count). The first-order valence-electron chi connectivity index (χ1n) is 13.3. The average molecular weight is 497 g/mol. The fourth-order valence-electron chi connectivity index (χ4n) is 5.96. The van der Waals surface area contributed by atoms with Crippen LogP contribution in [0.3, 0.4) is 0 Å². The van der Waals surface area contributed by atoms with Crippen molar-refractivity contribution in [1.82, 2.24) is 10.2 Å². The summed E-state index contributed by atoms with van der Waals surface area (Å²) in [6, 6.07) is 25.5. The predicted octanol–water partition coefficient (Wildman–Crippen LogP) is 4.72. The van der Waals surface area contributed by atoms with Crippen molar-refractivity contribution < 1.29 is 9.59 Å². The van der Waals surface area contributed by atoms with E-state index in [0.717, 1.165) is 50.0 Å². The number of likely N-dealkylation sites (N-methyl/N-ethyl adjacent to an activating group) is 1. The normalized spacial score (nSPS) is 18.2. The number of benzene rings is 3. The first-order valence-corrected chi connectivity index (χ1v) is 13.3. The molecule has 2 fully saturated rings. The zero-order chi connectivity index (χ0) is 25.8. The molecule has 3 aromatic rings. The number of hydrogen-bond acceptors (Lipinski definition) is 4. The lowest BCUT2D eigenvalue weighted by atomic mass is 9.84. The van der Waals surface area contributed by atoms with Crippen molar-refractivity contribution in [3.63, 3.8) is 0 Å². The summed E-state index contributed by atoms with van der Waals surface area (Å²) in [6.45, 7) is 3.12. The number of anilines is 1. The molecule has 2 saturated heterocycles. The number of nitrogens with one attached hydrogen (secondary N) is 1. The highest BCUT2D eigenvalue weighted by Crippen LogP contribution is 2.41. The Morgan fingerprint density at radius 1 is 0.838 bits per heavy atom. The quantitative estimate of drug-likeness (QED) is 0.496. The van der Waals surface area contributed by atoms with Crippen LogP contribution in [-0.4, -0.2) is 49.9 Å². The van der Waals surface area contributed by atoms with Crippen LogP contribution in [-0.2, 0) is 4.79 Å². The Labute approximate surface area is 219 Å². The van der Waals surface area contributed by atoms with E-state index >= 15 is 0 Å². The summed E-state index contributed by atoms with van der Waals surface area (Å²) in [4.78, 5) is 28.2. The van der Waals surface area contributed by atoms with Crippen LogP contribution in [0.2, 0.25) is 0 Å². The van der Waals surface area contributed by atoms with Gasteiger partial charge in [0.1, 0.15) is 0 Å². The van der Waals surface area contributed by atoms with E-state index in [1.807, 2.05) is 24.1 Å². The number of nitrogens with zero attached hydrogens (tertiary/aromatic N) is 2. The second-order valence-electron chi connectivity index (χ2n) is 10.2. The summed E-state index contributed by atoms with van der Waals surface area (Å²) in [5.74, 6) is 0.279. The van der Waals surface area contributed by atoms with Crippen LogP contribution in [0.1, 0.15) is 59.1 Å². The zero-order valence-corrected chi connectivity index (χ0v) is 21.5. The summed E-state index contributed by atoms with van der Waals surface area (Å²) >= 11 is 0. The molecule has 0 unspecified atom stereocenters. The highest BCUT2D eigenvalue weighted by atomic mass is 16.2. The molecule has 0 radical (unpaired) electrons. The van der Waals surface area contributed by atoms with Crippen LogP contribution < -0.4 is 16.0 Å². The Morgan fingerprint density at radius 2 is 1.46 bits per heavy atom. The number of carbonyl (C=O) groups excluding carboxylic acids is 2. The van der Waals surface area contributed by atoms with Gasteiger partial charge in [-0.2, -0.15) is 0 Å². The Bertz CT molecular complexity index is 1230. The third-order valence-corrected chi connectivity index (χ3v) is 7.93. The number of likely N-dealkylation sites (tertiary alicyclic amines) is 1. The molecule has 2 heterocycles. The van der Waals surface area contributed by atoms with Gasteiger partial charge < -0.3 is 20.9 Å². The van der Waals surface area contributed by atoms with Gasteiger partial charge in [-0.1, -0.05) is 48.5 Å². The van der Waals surface area contributed by atoms with Gasteiger partial charge >= 0.3 is 0 Å². The number of amides is 2. The highest BCUT2D eigenvalue weighted by Gasteiger charge is 2.31. The summed E-state index contributed by atoms with van der Waals surface area (Å²) in [7, 11) is 1.82. The van der Waals surface area contributed by atoms with Crippen LogP contribution in [0.25, 0.3) is 11.1 Å². The maximum atomic E-state index is 12.3. The average Bonchev–Trinajstić information content (AvgIpc) is 3.43. The minimum atomic E-state index is -0.407. The molecule has 1 atom stereocenters. The topological polar surface area (TPSA) is 78.7 Å². The van der Waals surface area contributed by atoms with Crippen molar-refractivity contribution in [2.45, 2.75) is 37.6 Å². The molecule has 6 nitrogen and oxygen atoms in total. The van der Waals surface area contributed by atoms with E-state index in [1.165, 1.54) is 23.2 Å². The number of nitrogens with two attached hydrogens (primary N) is 1. The summed E-state index contributed by atoms with van der Waals surface area (Å²) in [5, 5.41) is 2.98. The molecule has 2 amide bonds. The predicted molar refractivity (Wildman–Crippen MR) is 149 cm³/mol. The molecular weight excluding hydrogens is 460 g/mol. The Balaban J connectivity index is 1.32. The van der Waals surface area contributed by atoms with E-state index in [-0.39, 0.29) is 5.91 Å². The summed E-state index contributed by atoms with van der Waals surface area (Å²) in [5.41, 5.74) is 12.2. The SMILES string of the molecule is CNCC(=O)N1CCC(c2ccccc2[C@H]2CCCN2c2ccc(-c3ccc(C(N)=O)cc3)cc2)CC1. The third kappa shape index (κ3) is 5.39. The van der Waals surface area contributed by atoms with Crippen molar-refractivity contribution in [3.8, 4) is 11.1 Å². The van der Waals surface area contributed by atoms with Crippen LogP contribution in [0, 0.1) is 0 Å². The lowest BCUT2D eigenvalue weighted by Crippen LogP contribution is -2.42. The van der Waals surface area contributed by atoms with Crippen LogP contribution >= 0.6 is 0 Å². The van der Waals surface area contributed by atoms with Crippen molar-refractivity contribution in [2.24, 2.45) is 5.73 Å². The zero-order valence-electron chi connectivity index (χ0n) is 21.5. The molecule has 6 heteroatoms. The number of primary amides is 1. The van der Waals surface area contributed by atoms with Crippen molar-refractivity contribution in [3.05, 3.63) is 89.5 Å². The van der Waals surface area contributed by atoms with E-state index in [1.54, 1.807) is 12.1 Å². The minimum absolute atomic E-state index is 0.198. The van der Waals surface area contributed by atoms with E-state index in [0.29, 0.717) is 24.1 Å². The molecule has 0 spiro atoms. The molecule has 0 bridgehead atoms. The number of piperidine rings is 1. The van der Waals surface area contributed by atoms with Crippen LogP contribution in [0.5, 0.6) is 0 Å². The molecular formula is C31H36N4O2. The molecule has 192 valence electrons. The summed E-state index contributed by atoms with van der Waals surface area (Å²) < 4.78 is 0. The van der Waals surface area contributed by atoms with Gasteiger partial charge in [0, 0.05) is 30.9 Å². The maximum absolute atomic E-state index is 12.3. The van der Waals surface area contributed by atoms with Gasteiger partial charge in [0.2, 0.25) is 11.8 Å². The number of carbonyl (C=O) groups is 2. The van der Waals surface area contributed by atoms with Crippen LogP contribution in [0.4, 0.5) is 5.69 Å². The molecule has 3 aromatic carbocycles. The smallest absolute Gasteiger partial charge is 0.248 e. The van der Waals surface area contributed by atoms with Gasteiger partial charge in [-0.3, -0.25) is 9.59 Å². The minimum Gasteiger partial charge on any atom is -0.366 e. The molecule has 0 saturated carbocycles. The monoisotopic (exact) mass is 496 g/mol. The first kappa shape index (κ1) is 25.0. The van der Waals surface area contributed by atoms with E-state index in [2.05, 4.69) is 58.7 Å². The van der Waals surface area contributed by atoms with Gasteiger partial charge in [0.25, 0.3) is 0 Å². The molecule has 2 aliphatic rings. The largest absolute Gasteiger partial charge is 0.366 e. The molecule has 2 aliphatic heterocycles. The lowest BCUT2D eigenvalue weighted by Gasteiger charge is -2.35. The second kappa shape index (κ2) is 11.2. The van der Waals surface area contributed by atoms with Gasteiger partial charge in [-0.05, 0) is 85.2 Å². The van der Waals surface area contributed by atoms with E-state index in [4.69, 9.17) is 5.73 Å². The van der Waals surface area contributed by atoms with Crippen molar-refractivity contribution >= 4 is 17.5 Å². The van der Waals surface area contributed by atoms with Gasteiger partial charge in [-0.25, -0.2) is 0 Å². The van der Waals surface area contributed by atoms with Gasteiger partial charge in [0.05, 0.1) is 12.6 Å². The Kier molecular flexibility index (Phi) is 7.56.